The summed E-state index contributed by atoms with van der Waals surface area (Å²) in [4.78, 5) is 39.9. The minimum absolute atomic E-state index is 0.262. The van der Waals surface area contributed by atoms with E-state index in [1.165, 1.54) is 0 Å². The predicted molar refractivity (Wildman–Crippen MR) is 89.3 cm³/mol. The maximum absolute atomic E-state index is 12.0. The van der Waals surface area contributed by atoms with Crippen LogP contribution in [0.3, 0.4) is 0 Å². The Kier molecular flexibility index (Phi) is 4.01. The maximum Gasteiger partial charge on any atom is 0.325 e. The van der Waals surface area contributed by atoms with Gasteiger partial charge >= 0.3 is 6.03 Å². The number of amides is 4. The fourth-order valence-electron chi connectivity index (χ4n) is 2.84. The lowest BCUT2D eigenvalue weighted by atomic mass is 10.1. The zero-order chi connectivity index (χ0) is 17.3. The Labute approximate surface area is 139 Å². The smallest absolute Gasteiger partial charge is 0.325 e. The van der Waals surface area contributed by atoms with Crippen LogP contribution in [0.25, 0.3) is 10.9 Å². The summed E-state index contributed by atoms with van der Waals surface area (Å²) in [7, 11) is 0. The third-order valence-corrected chi connectivity index (χ3v) is 4.14. The summed E-state index contributed by atoms with van der Waals surface area (Å²) in [6.45, 7) is 3.40. The van der Waals surface area contributed by atoms with Crippen molar-refractivity contribution in [3.05, 3.63) is 36.0 Å². The predicted octanol–water partition coefficient (Wildman–Crippen LogP) is 1.16. The number of rotatable bonds is 5. The number of H-pyrrole nitrogens is 1. The van der Waals surface area contributed by atoms with E-state index in [9.17, 15) is 14.4 Å². The lowest BCUT2D eigenvalue weighted by Crippen LogP contribution is -2.43. The summed E-state index contributed by atoms with van der Waals surface area (Å²) in [5.74, 6) is -0.740. The Morgan fingerprint density at radius 2 is 2.00 bits per heavy atom. The van der Waals surface area contributed by atoms with E-state index in [0.29, 0.717) is 13.0 Å². The second-order valence-corrected chi connectivity index (χ2v) is 6.41. The molecule has 0 unspecified atom stereocenters. The van der Waals surface area contributed by atoms with E-state index in [-0.39, 0.29) is 18.4 Å². The van der Waals surface area contributed by atoms with Crippen molar-refractivity contribution < 1.29 is 14.4 Å². The van der Waals surface area contributed by atoms with Gasteiger partial charge in [-0.15, -0.1) is 0 Å². The van der Waals surface area contributed by atoms with E-state index in [1.54, 1.807) is 13.8 Å². The van der Waals surface area contributed by atoms with Crippen LogP contribution in [-0.2, 0) is 16.0 Å². The normalized spacial score (nSPS) is 16.5. The van der Waals surface area contributed by atoms with Crippen molar-refractivity contribution >= 4 is 28.7 Å². The molecule has 0 radical (unpaired) electrons. The first-order valence-electron chi connectivity index (χ1n) is 7.84. The summed E-state index contributed by atoms with van der Waals surface area (Å²) in [6, 6.07) is 7.42. The Morgan fingerprint density at radius 1 is 1.25 bits per heavy atom. The summed E-state index contributed by atoms with van der Waals surface area (Å²) in [6.07, 6.45) is 2.60. The van der Waals surface area contributed by atoms with E-state index in [4.69, 9.17) is 0 Å². The van der Waals surface area contributed by atoms with Gasteiger partial charge in [-0.05, 0) is 31.9 Å². The van der Waals surface area contributed by atoms with Gasteiger partial charge in [0.1, 0.15) is 12.1 Å². The number of aromatic nitrogens is 1. The first-order chi connectivity index (χ1) is 11.4. The average Bonchev–Trinajstić information content (AvgIpc) is 3.02. The molecule has 4 amide bonds. The summed E-state index contributed by atoms with van der Waals surface area (Å²) < 4.78 is 0. The Morgan fingerprint density at radius 3 is 2.71 bits per heavy atom. The Hall–Kier alpha value is -2.83. The molecule has 2 heterocycles. The molecule has 1 aliphatic rings. The summed E-state index contributed by atoms with van der Waals surface area (Å²) in [5.41, 5.74) is 1.21. The van der Waals surface area contributed by atoms with Crippen LogP contribution in [0, 0.1) is 0 Å². The number of para-hydroxylation sites is 1. The van der Waals surface area contributed by atoms with Gasteiger partial charge in [-0.1, -0.05) is 18.2 Å². The van der Waals surface area contributed by atoms with Gasteiger partial charge in [0.25, 0.3) is 5.91 Å². The van der Waals surface area contributed by atoms with Gasteiger partial charge in [-0.25, -0.2) is 4.79 Å². The highest BCUT2D eigenvalue weighted by Gasteiger charge is 2.44. The second kappa shape index (κ2) is 5.99. The molecule has 1 aromatic carbocycles. The third-order valence-electron chi connectivity index (χ3n) is 4.14. The average molecular weight is 328 g/mol. The van der Waals surface area contributed by atoms with Gasteiger partial charge in [-0.3, -0.25) is 14.5 Å². The molecule has 0 atom stereocenters. The van der Waals surface area contributed by atoms with E-state index in [0.717, 1.165) is 21.4 Å². The van der Waals surface area contributed by atoms with Gasteiger partial charge in [0.05, 0.1) is 0 Å². The number of hydrogen-bond acceptors (Lipinski definition) is 3. The third kappa shape index (κ3) is 2.97. The van der Waals surface area contributed by atoms with E-state index < -0.39 is 11.6 Å². The van der Waals surface area contributed by atoms with Gasteiger partial charge in [0.2, 0.25) is 5.91 Å². The van der Waals surface area contributed by atoms with Crippen LogP contribution < -0.4 is 10.6 Å². The number of hydrogen-bond donors (Lipinski definition) is 3. The van der Waals surface area contributed by atoms with Crippen LogP contribution in [0.2, 0.25) is 0 Å². The van der Waals surface area contributed by atoms with Crippen molar-refractivity contribution in [2.24, 2.45) is 0 Å². The first-order valence-corrected chi connectivity index (χ1v) is 7.84. The number of fused-ring (bicyclic) bond motifs is 1. The van der Waals surface area contributed by atoms with Crippen LogP contribution in [0.4, 0.5) is 4.79 Å². The molecule has 0 saturated carbocycles. The topological polar surface area (TPSA) is 94.3 Å². The van der Waals surface area contributed by atoms with Gasteiger partial charge in [-0.2, -0.15) is 0 Å². The SMILES string of the molecule is CC1(C)NC(=O)N(CC(=O)NCCc2c[nH]c3ccccc23)C1=O. The van der Waals surface area contributed by atoms with Gasteiger partial charge in [0.15, 0.2) is 0 Å². The minimum Gasteiger partial charge on any atom is -0.361 e. The number of nitrogens with zero attached hydrogens (tertiary/aromatic N) is 1. The molecule has 3 N–H and O–H groups in total. The fraction of sp³-hybridized carbons (Fsp3) is 0.353. The second-order valence-electron chi connectivity index (χ2n) is 6.41. The molecule has 0 spiro atoms. The number of aromatic amines is 1. The lowest BCUT2D eigenvalue weighted by Gasteiger charge is -2.15. The molecular formula is C17H20N4O3. The zero-order valence-corrected chi connectivity index (χ0v) is 13.7. The van der Waals surface area contributed by atoms with Crippen molar-refractivity contribution in [3.8, 4) is 0 Å². The molecule has 7 nitrogen and oxygen atoms in total. The highest BCUT2D eigenvalue weighted by atomic mass is 16.2. The maximum atomic E-state index is 12.0. The number of benzene rings is 1. The van der Waals surface area contributed by atoms with E-state index in [1.807, 2.05) is 30.5 Å². The lowest BCUT2D eigenvalue weighted by molar-refractivity contribution is -0.134. The summed E-state index contributed by atoms with van der Waals surface area (Å²) in [5, 5.41) is 6.43. The molecule has 1 aromatic heterocycles. The van der Waals surface area contributed by atoms with E-state index >= 15 is 0 Å². The number of nitrogens with one attached hydrogen (secondary N) is 3. The number of urea groups is 1. The van der Waals surface area contributed by atoms with Crippen LogP contribution >= 0.6 is 0 Å². The fourth-order valence-corrected chi connectivity index (χ4v) is 2.84. The van der Waals surface area contributed by atoms with Crippen LogP contribution in [0.1, 0.15) is 19.4 Å². The molecule has 1 aliphatic heterocycles. The van der Waals surface area contributed by atoms with Crippen LogP contribution in [0.5, 0.6) is 0 Å². The molecule has 0 aliphatic carbocycles. The quantitative estimate of drug-likeness (QED) is 0.719. The molecule has 1 fully saturated rings. The molecule has 24 heavy (non-hydrogen) atoms. The van der Waals surface area contributed by atoms with E-state index in [2.05, 4.69) is 15.6 Å². The molecule has 3 rings (SSSR count). The zero-order valence-electron chi connectivity index (χ0n) is 13.7. The molecular weight excluding hydrogens is 308 g/mol. The molecule has 1 saturated heterocycles. The molecule has 126 valence electrons. The van der Waals surface area contributed by atoms with Gasteiger partial charge in [0, 0.05) is 23.6 Å². The van der Waals surface area contributed by atoms with Crippen molar-refractivity contribution in [1.29, 1.82) is 0 Å². The summed E-state index contributed by atoms with van der Waals surface area (Å²) >= 11 is 0. The highest BCUT2D eigenvalue weighted by molar-refractivity contribution is 6.08. The highest BCUT2D eigenvalue weighted by Crippen LogP contribution is 2.18. The number of carbonyl (C=O) groups excluding carboxylic acids is 3. The largest absolute Gasteiger partial charge is 0.361 e. The number of imide groups is 1. The first kappa shape index (κ1) is 16.0. The standard InChI is InChI=1S/C17H20N4O3/c1-17(2)15(23)21(16(24)20-17)10-14(22)18-8-7-11-9-19-13-6-4-3-5-12(11)13/h3-6,9,19H,7-8,10H2,1-2H3,(H,18,22)(H,20,24). The molecule has 0 bridgehead atoms. The molecule has 2 aromatic rings. The minimum atomic E-state index is -0.957. The van der Waals surface area contributed by atoms with Crippen molar-refractivity contribution in [2.45, 2.75) is 25.8 Å². The molecule has 7 heteroatoms. The Bertz CT molecular complexity index is 809. The number of carbonyl (C=O) groups is 3. The Balaban J connectivity index is 1.53. The van der Waals surface area contributed by atoms with Crippen molar-refractivity contribution in [3.63, 3.8) is 0 Å². The van der Waals surface area contributed by atoms with Crippen molar-refractivity contribution in [2.75, 3.05) is 13.1 Å². The van der Waals surface area contributed by atoms with Crippen LogP contribution in [0.15, 0.2) is 30.5 Å². The van der Waals surface area contributed by atoms with Gasteiger partial charge < -0.3 is 15.6 Å². The van der Waals surface area contributed by atoms with Crippen LogP contribution in [-0.4, -0.2) is 46.4 Å². The van der Waals surface area contributed by atoms with Crippen molar-refractivity contribution in [1.82, 2.24) is 20.5 Å². The monoisotopic (exact) mass is 328 g/mol.